The summed E-state index contributed by atoms with van der Waals surface area (Å²) in [7, 11) is 0. The van der Waals surface area contributed by atoms with Crippen LogP contribution in [0.2, 0.25) is 0 Å². The summed E-state index contributed by atoms with van der Waals surface area (Å²) in [6.07, 6.45) is 3.50. The lowest BCUT2D eigenvalue weighted by Gasteiger charge is -2.13. The molecule has 178 valence electrons. The van der Waals surface area contributed by atoms with Gasteiger partial charge in [-0.2, -0.15) is 0 Å². The average Bonchev–Trinajstić information content (AvgIpc) is 3.53. The summed E-state index contributed by atoms with van der Waals surface area (Å²) in [6.45, 7) is 4.52. The Kier molecular flexibility index (Phi) is 5.57. The Morgan fingerprint density at radius 2 is 1.67 bits per heavy atom. The topological polar surface area (TPSA) is 95.8 Å². The van der Waals surface area contributed by atoms with Crippen molar-refractivity contribution in [3.05, 3.63) is 94.8 Å². The molecule has 0 bridgehead atoms. The van der Waals surface area contributed by atoms with E-state index in [2.05, 4.69) is 49.0 Å². The summed E-state index contributed by atoms with van der Waals surface area (Å²) < 4.78 is 5.69. The maximum Gasteiger partial charge on any atom is 0.262 e. The molecule has 4 aromatic heterocycles. The highest BCUT2D eigenvalue weighted by Gasteiger charge is 2.20. The van der Waals surface area contributed by atoms with Gasteiger partial charge in [0.25, 0.3) is 5.56 Å². The second-order valence-corrected chi connectivity index (χ2v) is 9.21. The number of pyridine rings is 1. The first kappa shape index (κ1) is 22.2. The molecule has 0 fully saturated rings. The van der Waals surface area contributed by atoms with Crippen LogP contribution >= 0.6 is 11.8 Å². The quantitative estimate of drug-likeness (QED) is 0.318. The molecule has 0 radical (unpaired) electrons. The standard InChI is InChI=1S/C26H22N8OS/c1-3-32-24(35)19-9-5-7-11-21(19)33-22(28-30-25(32)33)16-36-26-31-29-23(18-12-14-27-15-13-18)34(26)20-10-6-4-8-17(20)2/h4-15H,3,16H2,1-2H3. The third kappa shape index (κ3) is 3.57. The summed E-state index contributed by atoms with van der Waals surface area (Å²) in [6, 6.07) is 19.6. The summed E-state index contributed by atoms with van der Waals surface area (Å²) in [5.74, 6) is 2.51. The number of aryl methyl sites for hydroxylation is 2. The Labute approximate surface area is 210 Å². The highest BCUT2D eigenvalue weighted by Crippen LogP contribution is 2.31. The first-order chi connectivity index (χ1) is 17.7. The summed E-state index contributed by atoms with van der Waals surface area (Å²) in [4.78, 5) is 17.1. The normalized spacial score (nSPS) is 11.5. The van der Waals surface area contributed by atoms with Crippen molar-refractivity contribution >= 4 is 28.4 Å². The Morgan fingerprint density at radius 3 is 2.47 bits per heavy atom. The molecule has 2 aromatic carbocycles. The minimum atomic E-state index is -0.0616. The van der Waals surface area contributed by atoms with Crippen molar-refractivity contribution < 1.29 is 0 Å². The molecular weight excluding hydrogens is 472 g/mol. The molecule has 0 spiro atoms. The zero-order chi connectivity index (χ0) is 24.6. The predicted molar refractivity (Wildman–Crippen MR) is 139 cm³/mol. The molecule has 9 nitrogen and oxygen atoms in total. The molecule has 0 atom stereocenters. The van der Waals surface area contributed by atoms with E-state index in [9.17, 15) is 4.79 Å². The largest absolute Gasteiger partial charge is 0.277 e. The average molecular weight is 495 g/mol. The number of rotatable bonds is 6. The molecule has 0 saturated heterocycles. The van der Waals surface area contributed by atoms with Gasteiger partial charge in [0.15, 0.2) is 11.0 Å². The minimum Gasteiger partial charge on any atom is -0.277 e. The van der Waals surface area contributed by atoms with Crippen molar-refractivity contribution in [3.63, 3.8) is 0 Å². The van der Waals surface area contributed by atoms with Gasteiger partial charge in [-0.15, -0.1) is 20.4 Å². The highest BCUT2D eigenvalue weighted by atomic mass is 32.2. The van der Waals surface area contributed by atoms with E-state index in [-0.39, 0.29) is 5.56 Å². The first-order valence-electron chi connectivity index (χ1n) is 11.6. The molecule has 6 aromatic rings. The van der Waals surface area contributed by atoms with Gasteiger partial charge in [-0.25, -0.2) is 0 Å². The van der Waals surface area contributed by atoms with Crippen LogP contribution in [0, 0.1) is 6.92 Å². The Hall–Kier alpha value is -4.31. The Bertz CT molecular complexity index is 1770. The van der Waals surface area contributed by atoms with Crippen LogP contribution in [0.25, 0.3) is 33.8 Å². The van der Waals surface area contributed by atoms with Crippen molar-refractivity contribution in [2.45, 2.75) is 31.3 Å². The van der Waals surface area contributed by atoms with Gasteiger partial charge in [0.05, 0.1) is 22.3 Å². The van der Waals surface area contributed by atoms with E-state index in [1.807, 2.05) is 59.9 Å². The molecule has 0 aliphatic heterocycles. The van der Waals surface area contributed by atoms with E-state index in [4.69, 9.17) is 0 Å². The van der Waals surface area contributed by atoms with Crippen LogP contribution in [0.3, 0.4) is 0 Å². The fourth-order valence-electron chi connectivity index (χ4n) is 4.40. The molecule has 10 heteroatoms. The van der Waals surface area contributed by atoms with Crippen LogP contribution in [0.5, 0.6) is 0 Å². The maximum absolute atomic E-state index is 13.0. The van der Waals surface area contributed by atoms with Crippen molar-refractivity contribution in [2.75, 3.05) is 0 Å². The third-order valence-electron chi connectivity index (χ3n) is 6.15. The van der Waals surface area contributed by atoms with Crippen LogP contribution in [-0.2, 0) is 12.3 Å². The molecule has 0 aliphatic rings. The zero-order valence-electron chi connectivity index (χ0n) is 19.7. The number of nitrogens with zero attached hydrogens (tertiary/aromatic N) is 8. The number of hydrogen-bond donors (Lipinski definition) is 0. The van der Waals surface area contributed by atoms with E-state index in [1.54, 1.807) is 17.0 Å². The van der Waals surface area contributed by atoms with Gasteiger partial charge in [0, 0.05) is 24.5 Å². The second-order valence-electron chi connectivity index (χ2n) is 8.27. The number of para-hydroxylation sites is 2. The van der Waals surface area contributed by atoms with Gasteiger partial charge >= 0.3 is 0 Å². The highest BCUT2D eigenvalue weighted by molar-refractivity contribution is 7.98. The monoisotopic (exact) mass is 494 g/mol. The molecule has 36 heavy (non-hydrogen) atoms. The molecule has 0 N–H and O–H groups in total. The molecule has 6 rings (SSSR count). The van der Waals surface area contributed by atoms with Crippen LogP contribution in [-0.4, -0.2) is 38.9 Å². The Morgan fingerprint density at radius 1 is 0.889 bits per heavy atom. The molecule has 0 saturated carbocycles. The maximum atomic E-state index is 13.0. The Balaban J connectivity index is 1.47. The van der Waals surface area contributed by atoms with Crippen LogP contribution < -0.4 is 5.56 Å². The van der Waals surface area contributed by atoms with Crippen molar-refractivity contribution in [3.8, 4) is 17.1 Å². The van der Waals surface area contributed by atoms with Gasteiger partial charge in [-0.1, -0.05) is 42.1 Å². The molecule has 0 aliphatic carbocycles. The van der Waals surface area contributed by atoms with Crippen LogP contribution in [0.15, 0.2) is 83.0 Å². The smallest absolute Gasteiger partial charge is 0.262 e. The summed E-state index contributed by atoms with van der Waals surface area (Å²) in [5.41, 5.74) is 3.78. The molecule has 0 amide bonds. The lowest BCUT2D eigenvalue weighted by molar-refractivity contribution is 0.735. The van der Waals surface area contributed by atoms with Crippen molar-refractivity contribution in [1.29, 1.82) is 0 Å². The van der Waals surface area contributed by atoms with E-state index < -0.39 is 0 Å². The summed E-state index contributed by atoms with van der Waals surface area (Å²) in [5, 5.41) is 19.3. The second kappa shape index (κ2) is 9.04. The van der Waals surface area contributed by atoms with Crippen LogP contribution in [0.4, 0.5) is 0 Å². The molecule has 4 heterocycles. The first-order valence-corrected chi connectivity index (χ1v) is 12.6. The van der Waals surface area contributed by atoms with Gasteiger partial charge < -0.3 is 0 Å². The van der Waals surface area contributed by atoms with E-state index in [1.165, 1.54) is 11.8 Å². The van der Waals surface area contributed by atoms with Gasteiger partial charge in [0.2, 0.25) is 5.78 Å². The zero-order valence-corrected chi connectivity index (χ0v) is 20.6. The SMILES string of the molecule is CCn1c(=O)c2ccccc2n2c(CSc3nnc(-c4ccncc4)n3-c3ccccc3C)nnc12. The number of thioether (sulfide) groups is 1. The predicted octanol–water partition coefficient (Wildman–Crippen LogP) is 4.31. The number of aromatic nitrogens is 8. The lowest BCUT2D eigenvalue weighted by Crippen LogP contribution is -2.22. The lowest BCUT2D eigenvalue weighted by atomic mass is 10.2. The number of hydrogen-bond acceptors (Lipinski definition) is 7. The van der Waals surface area contributed by atoms with E-state index in [0.29, 0.717) is 23.5 Å². The minimum absolute atomic E-state index is 0.0616. The van der Waals surface area contributed by atoms with E-state index in [0.717, 1.165) is 39.1 Å². The van der Waals surface area contributed by atoms with Crippen molar-refractivity contribution in [1.82, 2.24) is 38.9 Å². The van der Waals surface area contributed by atoms with Gasteiger partial charge in [0.1, 0.15) is 5.82 Å². The van der Waals surface area contributed by atoms with Gasteiger partial charge in [-0.05, 0) is 49.7 Å². The fraction of sp³-hybridized carbons (Fsp3) is 0.154. The van der Waals surface area contributed by atoms with Gasteiger partial charge in [-0.3, -0.25) is 23.3 Å². The number of fused-ring (bicyclic) bond motifs is 3. The fourth-order valence-corrected chi connectivity index (χ4v) is 5.26. The molecular formula is C26H22N8OS. The van der Waals surface area contributed by atoms with Crippen molar-refractivity contribution in [2.24, 2.45) is 0 Å². The summed E-state index contributed by atoms with van der Waals surface area (Å²) >= 11 is 1.53. The number of benzene rings is 2. The van der Waals surface area contributed by atoms with Crippen LogP contribution in [0.1, 0.15) is 18.3 Å². The third-order valence-corrected chi connectivity index (χ3v) is 7.07. The molecule has 0 unspecified atom stereocenters. The van der Waals surface area contributed by atoms with E-state index >= 15 is 0 Å².